The molecule has 0 bridgehead atoms. The predicted molar refractivity (Wildman–Crippen MR) is 105 cm³/mol. The number of benzene rings is 2. The van der Waals surface area contributed by atoms with Crippen LogP contribution >= 0.6 is 0 Å². The Balaban J connectivity index is 1.97. The molecule has 132 valence electrons. The van der Waals surface area contributed by atoms with Crippen LogP contribution in [0.15, 0.2) is 65.4 Å². The lowest BCUT2D eigenvalue weighted by molar-refractivity contribution is -0.116. The Morgan fingerprint density at radius 3 is 1.96 bits per heavy atom. The topological polar surface area (TPSA) is 26.3 Å². The van der Waals surface area contributed by atoms with Gasteiger partial charge in [-0.2, -0.15) is 0 Å². The molecule has 0 fully saturated rings. The summed E-state index contributed by atoms with van der Waals surface area (Å²) in [7, 11) is 0. The Hall–Kier alpha value is -2.61. The lowest BCUT2D eigenvalue weighted by Gasteiger charge is -2.29. The number of Topliss-reactive ketones (excluding diaryl/α,β-unsaturated/α-hetero) is 1. The summed E-state index contributed by atoms with van der Waals surface area (Å²) in [5.41, 5.74) is 7.99. The molecule has 1 heterocycles. The summed E-state index contributed by atoms with van der Waals surface area (Å²) in [5, 5.41) is 0. The van der Waals surface area contributed by atoms with Crippen molar-refractivity contribution in [2.45, 2.75) is 39.5 Å². The first-order chi connectivity index (χ1) is 12.6. The third-order valence-corrected chi connectivity index (χ3v) is 5.28. The van der Waals surface area contributed by atoms with Gasteiger partial charge in [-0.05, 0) is 42.5 Å². The highest BCUT2D eigenvalue weighted by Crippen LogP contribution is 2.40. The fourth-order valence-electron chi connectivity index (χ4n) is 3.90. The van der Waals surface area contributed by atoms with Crippen LogP contribution in [0.25, 0.3) is 5.57 Å². The maximum absolute atomic E-state index is 12.7. The maximum Gasteiger partial charge on any atom is 0.166 e. The molecule has 2 aliphatic rings. The molecule has 0 spiro atoms. The van der Waals surface area contributed by atoms with E-state index in [0.717, 1.165) is 36.2 Å². The summed E-state index contributed by atoms with van der Waals surface area (Å²) in [6.45, 7) is 4.85. The van der Waals surface area contributed by atoms with Crippen molar-refractivity contribution < 1.29 is 9.53 Å². The molecule has 0 saturated heterocycles. The highest BCUT2D eigenvalue weighted by molar-refractivity contribution is 6.04. The maximum atomic E-state index is 12.7. The van der Waals surface area contributed by atoms with Crippen LogP contribution in [0, 0.1) is 13.8 Å². The average molecular weight is 344 g/mol. The molecule has 0 atom stereocenters. The van der Waals surface area contributed by atoms with Gasteiger partial charge in [-0.25, -0.2) is 0 Å². The number of aryl methyl sites for hydroxylation is 2. The lowest BCUT2D eigenvalue weighted by atomic mass is 9.81. The second-order valence-corrected chi connectivity index (χ2v) is 7.26. The Kier molecular flexibility index (Phi) is 4.50. The second-order valence-electron chi connectivity index (χ2n) is 7.26. The fraction of sp³-hybridized carbons (Fsp3) is 0.292. The number of carbonyl (C=O) groups is 1. The van der Waals surface area contributed by atoms with E-state index in [1.54, 1.807) is 0 Å². The van der Waals surface area contributed by atoms with Gasteiger partial charge in [0.1, 0.15) is 5.76 Å². The Morgan fingerprint density at radius 1 is 0.808 bits per heavy atom. The summed E-state index contributed by atoms with van der Waals surface area (Å²) in [4.78, 5) is 12.7. The summed E-state index contributed by atoms with van der Waals surface area (Å²) in [6, 6.07) is 17.2. The zero-order valence-corrected chi connectivity index (χ0v) is 15.5. The first kappa shape index (κ1) is 16.8. The molecule has 0 N–H and O–H groups in total. The third-order valence-electron chi connectivity index (χ3n) is 5.28. The largest absolute Gasteiger partial charge is 0.497 e. The van der Waals surface area contributed by atoms with Crippen LogP contribution in [0.2, 0.25) is 0 Å². The molecule has 2 aromatic carbocycles. The van der Waals surface area contributed by atoms with Gasteiger partial charge in [0, 0.05) is 19.3 Å². The van der Waals surface area contributed by atoms with Crippen molar-refractivity contribution >= 4 is 11.4 Å². The number of rotatable bonds is 2. The second kappa shape index (κ2) is 6.95. The summed E-state index contributed by atoms with van der Waals surface area (Å²) < 4.78 is 5.87. The molecule has 2 nitrogen and oxygen atoms in total. The minimum absolute atomic E-state index is 0.234. The van der Waals surface area contributed by atoms with Crippen LogP contribution in [-0.2, 0) is 9.53 Å². The summed E-state index contributed by atoms with van der Waals surface area (Å²) >= 11 is 0. The van der Waals surface area contributed by atoms with Crippen molar-refractivity contribution in [2.24, 2.45) is 0 Å². The summed E-state index contributed by atoms with van der Waals surface area (Å²) in [6.07, 6.45) is 3.18. The smallest absolute Gasteiger partial charge is 0.166 e. The van der Waals surface area contributed by atoms with Crippen LogP contribution in [0.3, 0.4) is 0 Å². The number of ketones is 1. The van der Waals surface area contributed by atoms with Gasteiger partial charge in [0.2, 0.25) is 0 Å². The minimum atomic E-state index is 0.234. The minimum Gasteiger partial charge on any atom is -0.497 e. The molecule has 0 saturated carbocycles. The molecule has 26 heavy (non-hydrogen) atoms. The zero-order valence-electron chi connectivity index (χ0n) is 15.5. The third kappa shape index (κ3) is 3.12. The van der Waals surface area contributed by atoms with Crippen molar-refractivity contribution in [3.8, 4) is 0 Å². The van der Waals surface area contributed by atoms with Gasteiger partial charge in [-0.3, -0.25) is 4.79 Å². The molecule has 2 aromatic rings. The molecule has 0 aromatic heterocycles. The van der Waals surface area contributed by atoms with Gasteiger partial charge in [0.25, 0.3) is 0 Å². The molecule has 0 radical (unpaired) electrons. The highest BCUT2D eigenvalue weighted by Gasteiger charge is 2.30. The first-order valence-corrected chi connectivity index (χ1v) is 9.40. The van der Waals surface area contributed by atoms with E-state index in [2.05, 4.69) is 62.4 Å². The van der Waals surface area contributed by atoms with Gasteiger partial charge in [0.05, 0.1) is 12.2 Å². The van der Waals surface area contributed by atoms with Crippen LogP contribution < -0.4 is 0 Å². The fourth-order valence-corrected chi connectivity index (χ4v) is 3.90. The highest BCUT2D eigenvalue weighted by atomic mass is 16.5. The van der Waals surface area contributed by atoms with Crippen LogP contribution in [0.1, 0.15) is 47.9 Å². The van der Waals surface area contributed by atoms with E-state index in [0.29, 0.717) is 13.0 Å². The molecule has 4 rings (SSSR count). The molecular formula is C24H24O2. The standard InChI is InChI=1S/C24H24O2/c1-16-6-10-18(11-7-16)23(19-12-8-17(2)9-13-19)20-14-15-26-22-5-3-4-21(25)24(20)22/h6-13H,3-5,14-15H2,1-2H3. The van der Waals surface area contributed by atoms with Crippen molar-refractivity contribution in [3.63, 3.8) is 0 Å². The Morgan fingerprint density at radius 2 is 1.38 bits per heavy atom. The monoisotopic (exact) mass is 344 g/mol. The van der Waals surface area contributed by atoms with Crippen molar-refractivity contribution in [1.82, 2.24) is 0 Å². The van der Waals surface area contributed by atoms with E-state index in [4.69, 9.17) is 4.74 Å². The number of hydrogen-bond donors (Lipinski definition) is 0. The predicted octanol–water partition coefficient (Wildman–Crippen LogP) is 5.53. The van der Waals surface area contributed by atoms with Crippen molar-refractivity contribution in [1.29, 1.82) is 0 Å². The van der Waals surface area contributed by atoms with E-state index in [9.17, 15) is 4.79 Å². The normalized spacial score (nSPS) is 17.0. The summed E-state index contributed by atoms with van der Waals surface area (Å²) in [5.74, 6) is 1.14. The zero-order chi connectivity index (χ0) is 18.1. The van der Waals surface area contributed by atoms with E-state index < -0.39 is 0 Å². The molecular weight excluding hydrogens is 320 g/mol. The number of ether oxygens (including phenoxy) is 1. The number of hydrogen-bond acceptors (Lipinski definition) is 2. The SMILES string of the molecule is Cc1ccc(C(=C2CCOC3=C2C(=O)CCC3)c2ccc(C)cc2)cc1. The number of carbonyl (C=O) groups excluding carboxylic acids is 1. The van der Waals surface area contributed by atoms with E-state index in [1.807, 2.05) is 0 Å². The van der Waals surface area contributed by atoms with Crippen molar-refractivity contribution in [3.05, 3.63) is 87.7 Å². The van der Waals surface area contributed by atoms with Gasteiger partial charge >= 0.3 is 0 Å². The van der Waals surface area contributed by atoms with Gasteiger partial charge < -0.3 is 4.74 Å². The quantitative estimate of drug-likeness (QED) is 0.716. The van der Waals surface area contributed by atoms with Gasteiger partial charge in [-0.15, -0.1) is 0 Å². The van der Waals surface area contributed by atoms with Crippen LogP contribution in [0.5, 0.6) is 0 Å². The van der Waals surface area contributed by atoms with Crippen LogP contribution in [0.4, 0.5) is 0 Å². The van der Waals surface area contributed by atoms with E-state index in [1.165, 1.54) is 27.8 Å². The van der Waals surface area contributed by atoms with Crippen molar-refractivity contribution in [2.75, 3.05) is 6.61 Å². The molecule has 0 unspecified atom stereocenters. The number of allylic oxidation sites excluding steroid dienone is 2. The Labute approximate surface area is 155 Å². The van der Waals surface area contributed by atoms with E-state index >= 15 is 0 Å². The first-order valence-electron chi connectivity index (χ1n) is 9.40. The molecule has 1 aliphatic heterocycles. The van der Waals surface area contributed by atoms with Gasteiger partial charge in [0.15, 0.2) is 5.78 Å². The molecule has 0 amide bonds. The van der Waals surface area contributed by atoms with E-state index in [-0.39, 0.29) is 5.78 Å². The Bertz CT molecular complexity index is 845. The average Bonchev–Trinajstić information content (AvgIpc) is 2.65. The molecule has 2 heteroatoms. The van der Waals surface area contributed by atoms with Crippen LogP contribution in [-0.4, -0.2) is 12.4 Å². The molecule has 1 aliphatic carbocycles. The lowest BCUT2D eigenvalue weighted by Crippen LogP contribution is -2.21. The van der Waals surface area contributed by atoms with Gasteiger partial charge in [-0.1, -0.05) is 59.7 Å².